The van der Waals surface area contributed by atoms with Crippen molar-refractivity contribution in [2.45, 2.75) is 0 Å². The minimum atomic E-state index is -0.449. The van der Waals surface area contributed by atoms with Crippen molar-refractivity contribution in [1.29, 1.82) is 0 Å². The number of benzene rings is 1. The van der Waals surface area contributed by atoms with E-state index in [0.29, 0.717) is 17.7 Å². The third-order valence-corrected chi connectivity index (χ3v) is 2.45. The Balaban J connectivity index is 2.65. The van der Waals surface area contributed by atoms with Crippen LogP contribution in [0.5, 0.6) is 0 Å². The van der Waals surface area contributed by atoms with Gasteiger partial charge in [0.2, 0.25) is 0 Å². The highest BCUT2D eigenvalue weighted by atomic mass is 32.1. The van der Waals surface area contributed by atoms with Crippen molar-refractivity contribution in [2.75, 3.05) is 13.7 Å². The summed E-state index contributed by atoms with van der Waals surface area (Å²) < 4.78 is 4.57. The second-order valence-electron chi connectivity index (χ2n) is 3.52. The number of amides is 1. The molecule has 0 saturated heterocycles. The van der Waals surface area contributed by atoms with E-state index in [4.69, 9.17) is 12.2 Å². The molecular weight excluding hydrogens is 264 g/mol. The summed E-state index contributed by atoms with van der Waals surface area (Å²) in [6.45, 7) is 4.00. The second kappa shape index (κ2) is 7.27. The first-order valence-corrected chi connectivity index (χ1v) is 5.87. The van der Waals surface area contributed by atoms with Crippen LogP contribution < -0.4 is 10.6 Å². The summed E-state index contributed by atoms with van der Waals surface area (Å²) in [7, 11) is 1.30. The van der Waals surface area contributed by atoms with Crippen molar-refractivity contribution in [3.05, 3.63) is 48.0 Å². The van der Waals surface area contributed by atoms with Gasteiger partial charge in [0.15, 0.2) is 5.11 Å². The van der Waals surface area contributed by atoms with Crippen molar-refractivity contribution in [1.82, 2.24) is 10.6 Å². The molecule has 5 nitrogen and oxygen atoms in total. The maximum atomic E-state index is 11.8. The van der Waals surface area contributed by atoms with Crippen molar-refractivity contribution < 1.29 is 14.3 Å². The Hall–Kier alpha value is -2.21. The van der Waals surface area contributed by atoms with E-state index >= 15 is 0 Å². The molecule has 1 rings (SSSR count). The van der Waals surface area contributed by atoms with E-state index in [0.717, 1.165) is 0 Å². The molecule has 0 fully saturated rings. The Morgan fingerprint density at radius 1 is 1.32 bits per heavy atom. The standard InChI is InChI=1S/C13H14N2O3S/c1-3-8-14-13(19)15-11(16)9-4-6-10(7-5-9)12(17)18-2/h3-7H,1,8H2,2H3,(H2,14,15,16,19). The molecule has 0 spiro atoms. The van der Waals surface area contributed by atoms with Crippen molar-refractivity contribution in [3.63, 3.8) is 0 Å². The summed E-state index contributed by atoms with van der Waals surface area (Å²) in [6.07, 6.45) is 1.63. The largest absolute Gasteiger partial charge is 0.465 e. The molecule has 1 aromatic carbocycles. The van der Waals surface area contributed by atoms with Gasteiger partial charge in [-0.05, 0) is 36.5 Å². The highest BCUT2D eigenvalue weighted by molar-refractivity contribution is 7.80. The van der Waals surface area contributed by atoms with Gasteiger partial charge in [-0.25, -0.2) is 4.79 Å². The van der Waals surface area contributed by atoms with Gasteiger partial charge in [-0.15, -0.1) is 6.58 Å². The molecule has 0 aromatic heterocycles. The fourth-order valence-corrected chi connectivity index (χ4v) is 1.44. The molecule has 0 atom stereocenters. The van der Waals surface area contributed by atoms with E-state index in [2.05, 4.69) is 21.9 Å². The van der Waals surface area contributed by atoms with Crippen LogP contribution in [-0.4, -0.2) is 30.6 Å². The Morgan fingerprint density at radius 2 is 1.89 bits per heavy atom. The fourth-order valence-electron chi connectivity index (χ4n) is 1.26. The van der Waals surface area contributed by atoms with Crippen LogP contribution in [0.25, 0.3) is 0 Å². The van der Waals surface area contributed by atoms with Gasteiger partial charge in [0.25, 0.3) is 5.91 Å². The van der Waals surface area contributed by atoms with Gasteiger partial charge in [0.1, 0.15) is 0 Å². The Labute approximate surface area is 116 Å². The van der Waals surface area contributed by atoms with E-state index in [9.17, 15) is 9.59 Å². The summed E-state index contributed by atoms with van der Waals surface area (Å²) in [5.74, 6) is -0.798. The molecule has 2 N–H and O–H groups in total. The van der Waals surface area contributed by atoms with E-state index in [1.54, 1.807) is 6.08 Å². The smallest absolute Gasteiger partial charge is 0.337 e. The van der Waals surface area contributed by atoms with Crippen LogP contribution in [0.1, 0.15) is 20.7 Å². The van der Waals surface area contributed by atoms with Crippen molar-refractivity contribution >= 4 is 29.2 Å². The highest BCUT2D eigenvalue weighted by Crippen LogP contribution is 2.05. The zero-order valence-electron chi connectivity index (χ0n) is 10.4. The third-order valence-electron chi connectivity index (χ3n) is 2.20. The monoisotopic (exact) mass is 278 g/mol. The molecule has 19 heavy (non-hydrogen) atoms. The average molecular weight is 278 g/mol. The van der Waals surface area contributed by atoms with Gasteiger partial charge in [-0.1, -0.05) is 6.08 Å². The Morgan fingerprint density at radius 3 is 2.42 bits per heavy atom. The maximum absolute atomic E-state index is 11.8. The normalized spacial score (nSPS) is 9.32. The molecule has 0 aliphatic heterocycles. The number of hydrogen-bond acceptors (Lipinski definition) is 4. The number of carbonyl (C=O) groups excluding carboxylic acids is 2. The van der Waals surface area contributed by atoms with Crippen LogP contribution >= 0.6 is 12.2 Å². The molecule has 0 heterocycles. The van der Waals surface area contributed by atoms with Crippen LogP contribution in [0.15, 0.2) is 36.9 Å². The SMILES string of the molecule is C=CCNC(=S)NC(=O)c1ccc(C(=O)OC)cc1. The zero-order valence-corrected chi connectivity index (χ0v) is 11.3. The predicted octanol–water partition coefficient (Wildman–Crippen LogP) is 1.26. The molecule has 0 aliphatic rings. The van der Waals surface area contributed by atoms with Gasteiger partial charge in [0, 0.05) is 12.1 Å². The van der Waals surface area contributed by atoms with E-state index in [-0.39, 0.29) is 11.0 Å². The van der Waals surface area contributed by atoms with Crippen LogP contribution in [0, 0.1) is 0 Å². The quantitative estimate of drug-likeness (QED) is 0.493. The molecule has 6 heteroatoms. The summed E-state index contributed by atoms with van der Waals surface area (Å²) in [5, 5.41) is 5.51. The molecule has 0 unspecified atom stereocenters. The third kappa shape index (κ3) is 4.51. The molecule has 0 bridgehead atoms. The van der Waals surface area contributed by atoms with Crippen LogP contribution in [-0.2, 0) is 4.74 Å². The van der Waals surface area contributed by atoms with E-state index in [1.165, 1.54) is 31.4 Å². The first-order valence-electron chi connectivity index (χ1n) is 5.47. The highest BCUT2D eigenvalue weighted by Gasteiger charge is 2.09. The van der Waals surface area contributed by atoms with Crippen molar-refractivity contribution in [2.24, 2.45) is 0 Å². The minimum Gasteiger partial charge on any atom is -0.465 e. The summed E-state index contributed by atoms with van der Waals surface area (Å²) in [4.78, 5) is 23.0. The lowest BCUT2D eigenvalue weighted by Gasteiger charge is -2.08. The van der Waals surface area contributed by atoms with Gasteiger partial charge in [0.05, 0.1) is 12.7 Å². The lowest BCUT2D eigenvalue weighted by atomic mass is 10.1. The molecule has 100 valence electrons. The number of esters is 1. The van der Waals surface area contributed by atoms with Gasteiger partial charge in [-0.2, -0.15) is 0 Å². The number of thiocarbonyl (C=S) groups is 1. The van der Waals surface area contributed by atoms with Crippen LogP contribution in [0.2, 0.25) is 0 Å². The van der Waals surface area contributed by atoms with Crippen LogP contribution in [0.3, 0.4) is 0 Å². The first kappa shape index (κ1) is 14.8. The summed E-state index contributed by atoms with van der Waals surface area (Å²) in [6, 6.07) is 6.08. The zero-order chi connectivity index (χ0) is 14.3. The molecule has 1 amide bonds. The number of rotatable bonds is 4. The van der Waals surface area contributed by atoms with E-state index in [1.807, 2.05) is 0 Å². The molecule has 0 saturated carbocycles. The number of carbonyl (C=O) groups is 2. The lowest BCUT2D eigenvalue weighted by molar-refractivity contribution is 0.0600. The topological polar surface area (TPSA) is 67.4 Å². The molecule has 1 aromatic rings. The van der Waals surface area contributed by atoms with Crippen LogP contribution in [0.4, 0.5) is 0 Å². The lowest BCUT2D eigenvalue weighted by Crippen LogP contribution is -2.39. The van der Waals surface area contributed by atoms with Gasteiger partial charge < -0.3 is 10.1 Å². The predicted molar refractivity (Wildman–Crippen MR) is 76.0 cm³/mol. The van der Waals surface area contributed by atoms with Gasteiger partial charge in [-0.3, -0.25) is 10.1 Å². The minimum absolute atomic E-state index is 0.224. The average Bonchev–Trinajstić information content (AvgIpc) is 2.44. The first-order chi connectivity index (χ1) is 9.08. The number of ether oxygens (including phenoxy) is 1. The van der Waals surface area contributed by atoms with Gasteiger partial charge >= 0.3 is 5.97 Å². The molecule has 0 aliphatic carbocycles. The Bertz CT molecular complexity index is 497. The fraction of sp³-hybridized carbons (Fsp3) is 0.154. The molecular formula is C13H14N2O3S. The van der Waals surface area contributed by atoms with E-state index < -0.39 is 5.97 Å². The summed E-state index contributed by atoms with van der Waals surface area (Å²) >= 11 is 4.92. The second-order valence-corrected chi connectivity index (χ2v) is 3.93. The maximum Gasteiger partial charge on any atom is 0.337 e. The summed E-state index contributed by atoms with van der Waals surface area (Å²) in [5.41, 5.74) is 0.779. The van der Waals surface area contributed by atoms with Crippen molar-refractivity contribution in [3.8, 4) is 0 Å². The Kier molecular flexibility index (Phi) is 5.69. The number of methoxy groups -OCH3 is 1. The number of nitrogens with one attached hydrogen (secondary N) is 2. The number of hydrogen-bond donors (Lipinski definition) is 2. The molecule has 0 radical (unpaired) electrons.